The quantitative estimate of drug-likeness (QED) is 0.0398. The molecule has 11 rings (SSSR count). The normalized spacial score (nSPS) is 19.7. The number of carbonyl (C=O) groups is 8. The third kappa shape index (κ3) is 14.0. The summed E-state index contributed by atoms with van der Waals surface area (Å²) in [6, 6.07) is 32.5. The Morgan fingerprint density at radius 3 is 1.64 bits per heavy atom. The Bertz CT molecular complexity index is 3810. The number of benzene rings is 4. The topological polar surface area (TPSA) is 303 Å². The zero-order valence-electron chi connectivity index (χ0n) is 48.7. The third-order valence-corrected chi connectivity index (χ3v) is 16.1. The van der Waals surface area contributed by atoms with Crippen molar-refractivity contribution in [3.05, 3.63) is 161 Å². The van der Waals surface area contributed by atoms with Gasteiger partial charge in [-0.1, -0.05) is 54.6 Å². The second kappa shape index (κ2) is 25.4. The first-order valence-electron chi connectivity index (χ1n) is 29.1. The van der Waals surface area contributed by atoms with Crippen molar-refractivity contribution < 1.29 is 47.8 Å². The number of nitrogens with zero attached hydrogens (tertiary/aromatic N) is 7. The fourth-order valence-corrected chi connectivity index (χ4v) is 11.0. The molecule has 7 N–H and O–H groups in total. The van der Waals surface area contributed by atoms with Gasteiger partial charge in [0.2, 0.25) is 11.8 Å². The molecular weight excluding hydrogens is 1110 g/mol. The van der Waals surface area contributed by atoms with Gasteiger partial charge >= 0.3 is 0 Å². The van der Waals surface area contributed by atoms with Gasteiger partial charge in [0.25, 0.3) is 35.4 Å². The van der Waals surface area contributed by atoms with E-state index in [-0.39, 0.29) is 61.4 Å². The Morgan fingerprint density at radius 1 is 0.540 bits per heavy atom. The Hall–Kier alpha value is -9.81. The summed E-state index contributed by atoms with van der Waals surface area (Å²) in [6.45, 7) is 5.06. The zero-order chi connectivity index (χ0) is 61.0. The molecule has 4 aliphatic rings. The van der Waals surface area contributed by atoms with E-state index in [0.717, 1.165) is 52.0 Å². The molecule has 4 fully saturated rings. The van der Waals surface area contributed by atoms with Gasteiger partial charge in [-0.05, 0) is 123 Å². The summed E-state index contributed by atoms with van der Waals surface area (Å²) in [7, 11) is 5.51. The van der Waals surface area contributed by atoms with Crippen molar-refractivity contribution in [3.63, 3.8) is 0 Å². The van der Waals surface area contributed by atoms with Crippen molar-refractivity contribution >= 4 is 47.3 Å². The van der Waals surface area contributed by atoms with Crippen molar-refractivity contribution in [2.24, 2.45) is 21.1 Å². The molecule has 3 unspecified atom stereocenters. The maximum atomic E-state index is 14.0. The van der Waals surface area contributed by atoms with Gasteiger partial charge < -0.3 is 30.3 Å². The number of likely N-dealkylation sites (tertiary alicyclic amines) is 1. The van der Waals surface area contributed by atoms with Gasteiger partial charge in [-0.25, -0.2) is 0 Å². The van der Waals surface area contributed by atoms with E-state index in [1.54, 1.807) is 67.5 Å². The lowest BCUT2D eigenvalue weighted by Gasteiger charge is -2.18. The van der Waals surface area contributed by atoms with Crippen LogP contribution in [0.2, 0.25) is 0 Å². The Balaban J connectivity index is 0.646. The van der Waals surface area contributed by atoms with Gasteiger partial charge in [-0.15, -0.1) is 0 Å². The summed E-state index contributed by atoms with van der Waals surface area (Å²) in [4.78, 5) is 107. The van der Waals surface area contributed by atoms with Crippen LogP contribution in [0.5, 0.6) is 0 Å². The van der Waals surface area contributed by atoms with Crippen molar-refractivity contribution in [2.75, 3.05) is 13.1 Å². The summed E-state index contributed by atoms with van der Waals surface area (Å²) in [6.07, 6.45) is 2.58. The molecule has 0 spiro atoms. The largest absolute Gasteiger partial charge is 0.350 e. The number of aryl methyl sites for hydroxylation is 5. The number of nitrogens with one attached hydrogen (secondary N) is 7. The smallest absolute Gasteiger partial charge is 0.270 e. The lowest BCUT2D eigenvalue weighted by molar-refractivity contribution is -0.132. The summed E-state index contributed by atoms with van der Waals surface area (Å²) in [5, 5.41) is 23.2. The molecule has 24 heteroatoms. The van der Waals surface area contributed by atoms with E-state index in [9.17, 15) is 38.4 Å². The minimum Gasteiger partial charge on any atom is -0.350 e. The van der Waals surface area contributed by atoms with E-state index in [4.69, 9.17) is 14.6 Å². The highest BCUT2D eigenvalue weighted by Gasteiger charge is 2.54. The molecule has 87 heavy (non-hydrogen) atoms. The molecule has 450 valence electrons. The number of aromatic nitrogens is 6. The van der Waals surface area contributed by atoms with Crippen LogP contribution in [0.3, 0.4) is 0 Å². The summed E-state index contributed by atoms with van der Waals surface area (Å²) in [5.41, 5.74) is 18.9. The van der Waals surface area contributed by atoms with Crippen molar-refractivity contribution in [2.45, 2.75) is 107 Å². The first kappa shape index (κ1) is 58.9. The van der Waals surface area contributed by atoms with Crippen LogP contribution in [-0.4, -0.2) is 125 Å². The van der Waals surface area contributed by atoms with Crippen LogP contribution in [0.1, 0.15) is 113 Å². The number of ether oxygens (including phenoxy) is 2. The van der Waals surface area contributed by atoms with E-state index < -0.39 is 60.0 Å². The minimum atomic E-state index is -1.10. The van der Waals surface area contributed by atoms with Crippen LogP contribution >= 0.6 is 0 Å². The fourth-order valence-electron chi connectivity index (χ4n) is 11.0. The number of hydrazine groups is 2. The molecule has 0 bridgehead atoms. The molecule has 7 aromatic rings. The standard InChI is InChI=1S/C63H68N14O10/c1-35(39-15-12-16-40(29-39)47-23-27-74(3)71-47)64-58(80)44-17-8-6-13-37(44)19-21-52(78)67-69-61(83)55-54(86-55)60(82)66-50-33-46(50)51-34-49(73-76(51)5)43-31-41(30-42(32-43)48-24-28-75(4)72-48)36(2)65-59(81)45-18-9-7-14-38(45)20-22-53(79)68-70-62(84)56-57(87-56)63(85)77-25-10-11-26-77/h6-9,12-18,23-24,27-32,34-36,46,50,54-57H,10-11,19-22,25-26,33H2,1-5H3,(H,64,80)(H,65,81)(H,66,82)(H,67,78)(H,68,79)(H,69,83)(H,70,84)/t35-,36-,46?,50?,54+,55+,56+,57?/m1/s1. The molecule has 1 saturated carbocycles. The average Bonchev–Trinajstić information content (AvgIpc) is 1.84. The van der Waals surface area contributed by atoms with E-state index in [1.165, 1.54) is 0 Å². The predicted molar refractivity (Wildman–Crippen MR) is 316 cm³/mol. The van der Waals surface area contributed by atoms with Gasteiger partial charge in [-0.3, -0.25) is 74.1 Å². The van der Waals surface area contributed by atoms with Crippen LogP contribution in [-0.2, 0) is 72.2 Å². The van der Waals surface area contributed by atoms with Gasteiger partial charge in [0.05, 0.1) is 29.2 Å². The molecule has 24 nitrogen and oxygen atoms in total. The van der Waals surface area contributed by atoms with Gasteiger partial charge in [0, 0.05) is 105 Å². The van der Waals surface area contributed by atoms with Crippen LogP contribution in [0.4, 0.5) is 0 Å². The minimum absolute atomic E-state index is 0.0357. The summed E-state index contributed by atoms with van der Waals surface area (Å²) >= 11 is 0. The molecule has 8 atom stereocenters. The van der Waals surface area contributed by atoms with E-state index >= 15 is 0 Å². The Kier molecular flexibility index (Phi) is 17.2. The first-order valence-corrected chi connectivity index (χ1v) is 29.1. The Morgan fingerprint density at radius 2 is 1.06 bits per heavy atom. The highest BCUT2D eigenvalue weighted by atomic mass is 16.6. The molecule has 3 saturated heterocycles. The van der Waals surface area contributed by atoms with Crippen LogP contribution in [0, 0.1) is 0 Å². The summed E-state index contributed by atoms with van der Waals surface area (Å²) < 4.78 is 16.0. The maximum absolute atomic E-state index is 14.0. The lowest BCUT2D eigenvalue weighted by Crippen LogP contribution is -2.45. The molecule has 4 aromatic carbocycles. The highest BCUT2D eigenvalue weighted by Crippen LogP contribution is 2.43. The second-order valence-corrected chi connectivity index (χ2v) is 22.5. The van der Waals surface area contributed by atoms with Crippen molar-refractivity contribution in [3.8, 4) is 33.8 Å². The number of hydrogen-bond donors (Lipinski definition) is 7. The molecule has 6 heterocycles. The molecule has 1 aliphatic carbocycles. The van der Waals surface area contributed by atoms with E-state index in [2.05, 4.69) is 47.9 Å². The van der Waals surface area contributed by atoms with E-state index in [0.29, 0.717) is 53.2 Å². The second-order valence-electron chi connectivity index (χ2n) is 22.5. The molecule has 3 aliphatic heterocycles. The molecule has 8 amide bonds. The predicted octanol–water partition coefficient (Wildman–Crippen LogP) is 3.86. The number of carbonyl (C=O) groups excluding carboxylic acids is 8. The van der Waals surface area contributed by atoms with Gasteiger partial charge in [0.15, 0.2) is 24.4 Å². The maximum Gasteiger partial charge on any atom is 0.270 e. The van der Waals surface area contributed by atoms with Crippen molar-refractivity contribution in [1.82, 2.24) is 71.9 Å². The van der Waals surface area contributed by atoms with E-state index in [1.807, 2.05) is 108 Å². The van der Waals surface area contributed by atoms with Gasteiger partial charge in [0.1, 0.15) is 0 Å². The SMILES string of the molecule is C[C@@H](NC(=O)c1ccccc1CCC(=O)NNC(=O)[C@H]1OC1C(=O)N1CCCC1)c1cc(-c2ccn(C)n2)cc(-c2cc(C3CC3NC(=O)[C@H]3O[C@@H]3C(=O)NNC(=O)CCc3ccccc3C(=O)N[C@H](C)c3cccc(-c4ccn(C)n4)c3)n(C)n2)c1. The van der Waals surface area contributed by atoms with Crippen LogP contribution in [0.25, 0.3) is 33.8 Å². The summed E-state index contributed by atoms with van der Waals surface area (Å²) in [5.74, 6) is -3.65. The highest BCUT2D eigenvalue weighted by molar-refractivity contribution is 5.98. The fraction of sp³-hybridized carbons (Fsp3) is 0.349. The first-order chi connectivity index (χ1) is 41.9. The lowest BCUT2D eigenvalue weighted by atomic mass is 9.97. The van der Waals surface area contributed by atoms with Crippen LogP contribution < -0.4 is 37.7 Å². The van der Waals surface area contributed by atoms with Crippen LogP contribution in [0.15, 0.2) is 122 Å². The zero-order valence-corrected chi connectivity index (χ0v) is 48.7. The monoisotopic (exact) mass is 1180 g/mol. The third-order valence-electron chi connectivity index (χ3n) is 16.1. The molecule has 3 aromatic heterocycles. The van der Waals surface area contributed by atoms with Gasteiger partial charge in [-0.2, -0.15) is 15.3 Å². The number of amides is 8. The average molecular weight is 1180 g/mol. The number of hydrogen-bond acceptors (Lipinski definition) is 13. The number of epoxide rings is 2. The Labute approximate surface area is 501 Å². The number of rotatable bonds is 21. The molecular formula is C63H68N14O10. The van der Waals surface area contributed by atoms with Crippen molar-refractivity contribution in [1.29, 1.82) is 0 Å². The molecule has 0 radical (unpaired) electrons.